The van der Waals surface area contributed by atoms with Gasteiger partial charge in [-0.1, -0.05) is 45.3 Å². The zero-order valence-electron chi connectivity index (χ0n) is 9.26. The van der Waals surface area contributed by atoms with Crippen molar-refractivity contribution in [2.24, 2.45) is 11.8 Å². The Morgan fingerprint density at radius 3 is 1.54 bits per heavy atom. The number of hydrogen-bond donors (Lipinski definition) is 0. The Kier molecular flexibility index (Phi) is 7.77. The van der Waals surface area contributed by atoms with Gasteiger partial charge in [-0.05, 0) is 24.7 Å². The van der Waals surface area contributed by atoms with Crippen LogP contribution in [0.3, 0.4) is 0 Å². The lowest BCUT2D eigenvalue weighted by Gasteiger charge is -2.07. The van der Waals surface area contributed by atoms with Gasteiger partial charge in [0.05, 0.1) is 0 Å². The van der Waals surface area contributed by atoms with Gasteiger partial charge in [0.15, 0.2) is 0 Å². The van der Waals surface area contributed by atoms with Gasteiger partial charge in [0.1, 0.15) is 0 Å². The Hall–Kier alpha value is -0.520. The first kappa shape index (κ1) is 12.5. The molecule has 0 heteroatoms. The Morgan fingerprint density at radius 1 is 0.846 bits per heavy atom. The summed E-state index contributed by atoms with van der Waals surface area (Å²) in [5.41, 5.74) is 0. The molecule has 0 radical (unpaired) electrons. The molecule has 13 heavy (non-hydrogen) atoms. The predicted molar refractivity (Wildman–Crippen MR) is 61.8 cm³/mol. The number of allylic oxidation sites excluding steroid dienone is 2. The van der Waals surface area contributed by atoms with Crippen LogP contribution in [-0.2, 0) is 0 Å². The van der Waals surface area contributed by atoms with E-state index in [1.165, 1.54) is 32.1 Å². The largest absolute Gasteiger partial charge is 0.103 e. The van der Waals surface area contributed by atoms with Gasteiger partial charge in [0, 0.05) is 0 Å². The summed E-state index contributed by atoms with van der Waals surface area (Å²) < 4.78 is 0. The first-order valence-electron chi connectivity index (χ1n) is 5.45. The van der Waals surface area contributed by atoms with E-state index < -0.39 is 0 Å². The van der Waals surface area contributed by atoms with Crippen LogP contribution in [-0.4, -0.2) is 0 Å². The van der Waals surface area contributed by atoms with Crippen LogP contribution in [0, 0.1) is 11.8 Å². The minimum absolute atomic E-state index is 0.692. The minimum atomic E-state index is 0.692. The van der Waals surface area contributed by atoms with Crippen LogP contribution in [0.25, 0.3) is 0 Å². The van der Waals surface area contributed by atoms with Crippen molar-refractivity contribution in [1.29, 1.82) is 0 Å². The molecule has 0 rings (SSSR count). The second-order valence-electron chi connectivity index (χ2n) is 4.06. The highest BCUT2D eigenvalue weighted by Gasteiger charge is 1.98. The van der Waals surface area contributed by atoms with E-state index in [0.717, 1.165) is 0 Å². The van der Waals surface area contributed by atoms with Crippen LogP contribution >= 0.6 is 0 Å². The lowest BCUT2D eigenvalue weighted by atomic mass is 9.99. The summed E-state index contributed by atoms with van der Waals surface area (Å²) in [5, 5.41) is 0. The van der Waals surface area contributed by atoms with Crippen LogP contribution < -0.4 is 0 Å². The molecular formula is C13H24. The van der Waals surface area contributed by atoms with Crippen LogP contribution in [0.2, 0.25) is 0 Å². The highest BCUT2D eigenvalue weighted by atomic mass is 14.0. The molecule has 0 saturated heterocycles. The van der Waals surface area contributed by atoms with Crippen molar-refractivity contribution in [3.63, 3.8) is 0 Å². The van der Waals surface area contributed by atoms with E-state index >= 15 is 0 Å². The molecule has 0 aromatic heterocycles. The Labute approximate surface area is 83.7 Å². The van der Waals surface area contributed by atoms with E-state index in [0.29, 0.717) is 11.8 Å². The lowest BCUT2D eigenvalue weighted by molar-refractivity contribution is 0.523. The van der Waals surface area contributed by atoms with Gasteiger partial charge >= 0.3 is 0 Å². The van der Waals surface area contributed by atoms with Gasteiger partial charge in [-0.25, -0.2) is 0 Å². The minimum Gasteiger partial charge on any atom is -0.103 e. The van der Waals surface area contributed by atoms with Gasteiger partial charge in [0.2, 0.25) is 0 Å². The molecule has 0 aromatic carbocycles. The van der Waals surface area contributed by atoms with Crippen molar-refractivity contribution in [2.45, 2.75) is 46.0 Å². The molecule has 0 nitrogen and oxygen atoms in total. The Balaban J connectivity index is 3.16. The summed E-state index contributed by atoms with van der Waals surface area (Å²) in [7, 11) is 0. The van der Waals surface area contributed by atoms with Crippen LogP contribution in [0.1, 0.15) is 46.0 Å². The first-order chi connectivity index (χ1) is 6.20. The fourth-order valence-electron chi connectivity index (χ4n) is 1.35. The molecular weight excluding hydrogens is 156 g/mol. The van der Waals surface area contributed by atoms with Crippen molar-refractivity contribution in [3.05, 3.63) is 25.3 Å². The van der Waals surface area contributed by atoms with Crippen LogP contribution in [0.5, 0.6) is 0 Å². The third-order valence-corrected chi connectivity index (χ3v) is 2.62. The molecule has 76 valence electrons. The van der Waals surface area contributed by atoms with Crippen LogP contribution in [0.15, 0.2) is 25.3 Å². The second kappa shape index (κ2) is 8.10. The van der Waals surface area contributed by atoms with E-state index in [1.54, 1.807) is 0 Å². The molecule has 2 unspecified atom stereocenters. The standard InChI is InChI=1S/C13H24/c1-5-12(3)10-8-7-9-11-13(4)6-2/h5-6,12-13H,1-2,7-11H2,3-4H3. The molecule has 0 aromatic rings. The molecule has 0 heterocycles. The summed E-state index contributed by atoms with van der Waals surface area (Å²) in [6.45, 7) is 12.0. The van der Waals surface area contributed by atoms with Gasteiger partial charge < -0.3 is 0 Å². The fourth-order valence-corrected chi connectivity index (χ4v) is 1.35. The van der Waals surface area contributed by atoms with E-state index in [-0.39, 0.29) is 0 Å². The highest BCUT2D eigenvalue weighted by molar-refractivity contribution is 4.76. The van der Waals surface area contributed by atoms with Crippen molar-refractivity contribution in [2.75, 3.05) is 0 Å². The van der Waals surface area contributed by atoms with E-state index in [9.17, 15) is 0 Å². The monoisotopic (exact) mass is 180 g/mol. The summed E-state index contributed by atoms with van der Waals surface area (Å²) in [6, 6.07) is 0. The molecule has 2 atom stereocenters. The maximum absolute atomic E-state index is 3.79. The second-order valence-corrected chi connectivity index (χ2v) is 4.06. The van der Waals surface area contributed by atoms with Crippen molar-refractivity contribution in [3.8, 4) is 0 Å². The molecule has 0 amide bonds. The van der Waals surface area contributed by atoms with Crippen molar-refractivity contribution in [1.82, 2.24) is 0 Å². The average Bonchev–Trinajstić information content (AvgIpc) is 2.16. The quantitative estimate of drug-likeness (QED) is 0.379. The Bertz CT molecular complexity index is 119. The van der Waals surface area contributed by atoms with E-state index in [1.807, 2.05) is 12.2 Å². The zero-order chi connectivity index (χ0) is 10.1. The topological polar surface area (TPSA) is 0 Å². The zero-order valence-corrected chi connectivity index (χ0v) is 9.26. The molecule has 0 N–H and O–H groups in total. The third kappa shape index (κ3) is 7.83. The van der Waals surface area contributed by atoms with E-state index in [4.69, 9.17) is 0 Å². The lowest BCUT2D eigenvalue weighted by Crippen LogP contribution is -1.91. The Morgan fingerprint density at radius 2 is 1.23 bits per heavy atom. The third-order valence-electron chi connectivity index (χ3n) is 2.62. The smallest absolute Gasteiger partial charge is 0.0265 e. The summed E-state index contributed by atoms with van der Waals surface area (Å²) in [6.07, 6.45) is 10.7. The van der Waals surface area contributed by atoms with Crippen molar-refractivity contribution >= 4 is 0 Å². The number of hydrogen-bond acceptors (Lipinski definition) is 0. The molecule has 0 aliphatic rings. The first-order valence-corrected chi connectivity index (χ1v) is 5.45. The van der Waals surface area contributed by atoms with Gasteiger partial charge in [0.25, 0.3) is 0 Å². The molecule has 0 spiro atoms. The normalized spacial score (nSPS) is 14.9. The van der Waals surface area contributed by atoms with E-state index in [2.05, 4.69) is 27.0 Å². The SMILES string of the molecule is C=CC(C)CCCCCC(C)C=C. The summed E-state index contributed by atoms with van der Waals surface area (Å²) >= 11 is 0. The summed E-state index contributed by atoms with van der Waals surface area (Å²) in [4.78, 5) is 0. The number of rotatable bonds is 8. The highest BCUT2D eigenvalue weighted by Crippen LogP contribution is 2.14. The van der Waals surface area contributed by atoms with Crippen molar-refractivity contribution < 1.29 is 0 Å². The maximum Gasteiger partial charge on any atom is -0.0265 e. The van der Waals surface area contributed by atoms with Gasteiger partial charge in [-0.2, -0.15) is 0 Å². The molecule has 0 fully saturated rings. The van der Waals surface area contributed by atoms with Gasteiger partial charge in [-0.3, -0.25) is 0 Å². The van der Waals surface area contributed by atoms with Gasteiger partial charge in [-0.15, -0.1) is 13.2 Å². The maximum atomic E-state index is 3.79. The van der Waals surface area contributed by atoms with Crippen LogP contribution in [0.4, 0.5) is 0 Å². The molecule has 0 aliphatic heterocycles. The predicted octanol–water partition coefficient (Wildman–Crippen LogP) is 4.58. The fraction of sp³-hybridized carbons (Fsp3) is 0.692. The summed E-state index contributed by atoms with van der Waals surface area (Å²) in [5.74, 6) is 1.38. The molecule has 0 aliphatic carbocycles. The molecule has 0 saturated carbocycles. The average molecular weight is 180 g/mol. The molecule has 0 bridgehead atoms. The number of unbranched alkanes of at least 4 members (excludes halogenated alkanes) is 2.